The van der Waals surface area contributed by atoms with Gasteiger partial charge in [0.1, 0.15) is 17.6 Å². The van der Waals surface area contributed by atoms with Crippen molar-refractivity contribution in [3.05, 3.63) is 96.0 Å². The van der Waals surface area contributed by atoms with Crippen LogP contribution in [0.1, 0.15) is 17.3 Å². The SMILES string of the molecule is O=C1C(=O)N(c2ccc(OC(F)(F)F)cc2)C(c2ccccn2)/C1=C(/O)c1c[nH]c2ccccc12. The van der Waals surface area contributed by atoms with Crippen molar-refractivity contribution in [1.82, 2.24) is 9.97 Å². The average molecular weight is 479 g/mol. The van der Waals surface area contributed by atoms with Gasteiger partial charge in [-0.05, 0) is 42.5 Å². The zero-order valence-electron chi connectivity index (χ0n) is 17.8. The maximum absolute atomic E-state index is 13.2. The number of aromatic nitrogens is 2. The molecule has 176 valence electrons. The highest BCUT2D eigenvalue weighted by Crippen LogP contribution is 2.42. The number of carbonyl (C=O) groups is 2. The Morgan fingerprint density at radius 3 is 2.40 bits per heavy atom. The van der Waals surface area contributed by atoms with Crippen LogP contribution in [0.4, 0.5) is 18.9 Å². The van der Waals surface area contributed by atoms with Crippen LogP contribution in [-0.4, -0.2) is 33.1 Å². The number of aromatic amines is 1. The second-order valence-electron chi connectivity index (χ2n) is 7.71. The van der Waals surface area contributed by atoms with Gasteiger partial charge in [-0.2, -0.15) is 0 Å². The first-order valence-electron chi connectivity index (χ1n) is 10.4. The fourth-order valence-corrected chi connectivity index (χ4v) is 4.14. The summed E-state index contributed by atoms with van der Waals surface area (Å²) in [6.07, 6.45) is -1.87. The fraction of sp³-hybridized carbons (Fsp3) is 0.0800. The number of carbonyl (C=O) groups excluding carboxylic acids is 2. The normalized spacial score (nSPS) is 17.8. The van der Waals surface area contributed by atoms with E-state index >= 15 is 0 Å². The number of amides is 1. The summed E-state index contributed by atoms with van der Waals surface area (Å²) in [5.74, 6) is -2.77. The van der Waals surface area contributed by atoms with Gasteiger partial charge < -0.3 is 14.8 Å². The van der Waals surface area contributed by atoms with Crippen LogP contribution in [0.25, 0.3) is 16.7 Å². The summed E-state index contributed by atoms with van der Waals surface area (Å²) in [6.45, 7) is 0. The second kappa shape index (κ2) is 8.32. The molecular formula is C25H16F3N3O4. The molecule has 0 saturated carbocycles. The Morgan fingerprint density at radius 1 is 1.00 bits per heavy atom. The van der Waals surface area contributed by atoms with Crippen molar-refractivity contribution in [3.63, 3.8) is 0 Å². The number of aliphatic hydroxyl groups excluding tert-OH is 1. The molecular weight excluding hydrogens is 463 g/mol. The van der Waals surface area contributed by atoms with E-state index < -0.39 is 35.6 Å². The number of Topliss-reactive ketones (excluding diaryl/α,β-unsaturated/α-hetero) is 1. The number of halogens is 3. The minimum absolute atomic E-state index is 0.134. The number of ketones is 1. The monoisotopic (exact) mass is 479 g/mol. The quantitative estimate of drug-likeness (QED) is 0.242. The molecule has 0 radical (unpaired) electrons. The molecule has 2 aromatic heterocycles. The molecule has 4 aromatic rings. The van der Waals surface area contributed by atoms with Gasteiger partial charge in [0.2, 0.25) is 0 Å². The minimum Gasteiger partial charge on any atom is -0.507 e. The molecule has 35 heavy (non-hydrogen) atoms. The number of anilines is 1. The molecule has 5 rings (SSSR count). The largest absolute Gasteiger partial charge is 0.573 e. The number of pyridine rings is 1. The first kappa shape index (κ1) is 22.2. The molecule has 1 amide bonds. The highest BCUT2D eigenvalue weighted by atomic mass is 19.4. The number of fused-ring (bicyclic) bond motifs is 1. The Kier molecular flexibility index (Phi) is 5.28. The molecule has 1 fully saturated rings. The molecule has 0 bridgehead atoms. The number of nitrogens with one attached hydrogen (secondary N) is 1. The number of rotatable bonds is 4. The summed E-state index contributed by atoms with van der Waals surface area (Å²) in [4.78, 5) is 34.7. The number of aliphatic hydroxyl groups is 1. The van der Waals surface area contributed by atoms with Gasteiger partial charge in [-0.1, -0.05) is 24.3 Å². The van der Waals surface area contributed by atoms with Gasteiger partial charge in [0, 0.05) is 34.5 Å². The number of hydrogen-bond acceptors (Lipinski definition) is 5. The highest BCUT2D eigenvalue weighted by Gasteiger charge is 2.47. The highest BCUT2D eigenvalue weighted by molar-refractivity contribution is 6.51. The van der Waals surface area contributed by atoms with E-state index in [-0.39, 0.29) is 11.3 Å². The lowest BCUT2D eigenvalue weighted by molar-refractivity contribution is -0.274. The summed E-state index contributed by atoms with van der Waals surface area (Å²) in [7, 11) is 0. The van der Waals surface area contributed by atoms with E-state index in [0.29, 0.717) is 16.6 Å². The number of hydrogen-bond donors (Lipinski definition) is 2. The van der Waals surface area contributed by atoms with Crippen molar-refractivity contribution in [3.8, 4) is 5.75 Å². The van der Waals surface area contributed by atoms with Crippen LogP contribution in [0.5, 0.6) is 5.75 Å². The number of ether oxygens (including phenoxy) is 1. The Labute approximate surface area is 196 Å². The predicted molar refractivity (Wildman–Crippen MR) is 120 cm³/mol. The first-order valence-corrected chi connectivity index (χ1v) is 10.4. The van der Waals surface area contributed by atoms with Crippen molar-refractivity contribution in [2.24, 2.45) is 0 Å². The van der Waals surface area contributed by atoms with Crippen LogP contribution in [0.15, 0.2) is 84.7 Å². The first-order chi connectivity index (χ1) is 16.7. The Morgan fingerprint density at radius 2 is 1.71 bits per heavy atom. The van der Waals surface area contributed by atoms with Crippen molar-refractivity contribution >= 4 is 34.0 Å². The van der Waals surface area contributed by atoms with Crippen molar-refractivity contribution in [2.75, 3.05) is 4.90 Å². The third kappa shape index (κ3) is 3.99. The molecule has 2 aromatic carbocycles. The van der Waals surface area contributed by atoms with Crippen LogP contribution < -0.4 is 9.64 Å². The van der Waals surface area contributed by atoms with Gasteiger partial charge in [0.25, 0.3) is 11.7 Å². The minimum atomic E-state index is -4.88. The van der Waals surface area contributed by atoms with Gasteiger partial charge in [0.15, 0.2) is 0 Å². The molecule has 1 atom stereocenters. The molecule has 0 aliphatic carbocycles. The Balaban J connectivity index is 1.65. The molecule has 2 N–H and O–H groups in total. The van der Waals surface area contributed by atoms with Gasteiger partial charge in [0.05, 0.1) is 11.3 Å². The van der Waals surface area contributed by atoms with Crippen molar-refractivity contribution < 1.29 is 32.6 Å². The van der Waals surface area contributed by atoms with Crippen LogP contribution in [0.2, 0.25) is 0 Å². The van der Waals surface area contributed by atoms with E-state index in [4.69, 9.17) is 0 Å². The molecule has 1 aliphatic rings. The summed E-state index contributed by atoms with van der Waals surface area (Å²) in [5.41, 5.74) is 1.29. The zero-order valence-corrected chi connectivity index (χ0v) is 17.8. The number of alkyl halides is 3. The lowest BCUT2D eigenvalue weighted by Gasteiger charge is -2.24. The van der Waals surface area contributed by atoms with E-state index in [1.165, 1.54) is 24.5 Å². The third-order valence-corrected chi connectivity index (χ3v) is 5.61. The van der Waals surface area contributed by atoms with Crippen LogP contribution >= 0.6 is 0 Å². The van der Waals surface area contributed by atoms with E-state index in [1.54, 1.807) is 36.4 Å². The van der Waals surface area contributed by atoms with Crippen molar-refractivity contribution in [2.45, 2.75) is 12.4 Å². The second-order valence-corrected chi connectivity index (χ2v) is 7.71. The molecule has 1 aliphatic heterocycles. The summed E-state index contributed by atoms with van der Waals surface area (Å²) >= 11 is 0. The Bertz CT molecular complexity index is 1460. The van der Waals surface area contributed by atoms with E-state index in [0.717, 1.165) is 22.5 Å². The lowest BCUT2D eigenvalue weighted by Crippen LogP contribution is -2.29. The molecule has 3 heterocycles. The predicted octanol–water partition coefficient (Wildman–Crippen LogP) is 5.09. The summed E-state index contributed by atoms with van der Waals surface area (Å²) < 4.78 is 41.5. The number of nitrogens with zero attached hydrogens (tertiary/aromatic N) is 2. The van der Waals surface area contributed by atoms with Crippen LogP contribution in [0, 0.1) is 0 Å². The summed E-state index contributed by atoms with van der Waals surface area (Å²) in [5, 5.41) is 11.9. The smallest absolute Gasteiger partial charge is 0.507 e. The lowest BCUT2D eigenvalue weighted by atomic mass is 9.98. The third-order valence-electron chi connectivity index (χ3n) is 5.61. The maximum Gasteiger partial charge on any atom is 0.573 e. The number of para-hydroxylation sites is 1. The van der Waals surface area contributed by atoms with Crippen LogP contribution in [-0.2, 0) is 9.59 Å². The topological polar surface area (TPSA) is 95.5 Å². The van der Waals surface area contributed by atoms with Crippen LogP contribution in [0.3, 0.4) is 0 Å². The fourth-order valence-electron chi connectivity index (χ4n) is 4.14. The zero-order chi connectivity index (χ0) is 24.7. The molecule has 10 heteroatoms. The van der Waals surface area contributed by atoms with Crippen molar-refractivity contribution in [1.29, 1.82) is 0 Å². The number of H-pyrrole nitrogens is 1. The van der Waals surface area contributed by atoms with E-state index in [9.17, 15) is 27.9 Å². The maximum atomic E-state index is 13.2. The van der Waals surface area contributed by atoms with Gasteiger partial charge in [-0.15, -0.1) is 13.2 Å². The summed E-state index contributed by atoms with van der Waals surface area (Å²) in [6, 6.07) is 15.5. The molecule has 1 unspecified atom stereocenters. The average Bonchev–Trinajstić information content (AvgIpc) is 3.38. The van der Waals surface area contributed by atoms with Gasteiger partial charge >= 0.3 is 6.36 Å². The Hall–Kier alpha value is -4.60. The van der Waals surface area contributed by atoms with Gasteiger partial charge in [-0.25, -0.2) is 0 Å². The standard InChI is InChI=1S/C25H16F3N3O4/c26-25(27,28)35-15-10-8-14(9-11-15)31-21(19-7-3-4-12-29-19)20(23(33)24(31)34)22(32)17-13-30-18-6-2-1-5-16(17)18/h1-13,21,30,32H/b22-20-. The number of benzene rings is 2. The molecule has 1 saturated heterocycles. The van der Waals surface area contributed by atoms with E-state index in [2.05, 4.69) is 14.7 Å². The molecule has 0 spiro atoms. The molecule has 7 nitrogen and oxygen atoms in total. The van der Waals surface area contributed by atoms with E-state index in [1.807, 2.05) is 6.07 Å². The van der Waals surface area contributed by atoms with Gasteiger partial charge in [-0.3, -0.25) is 19.5 Å².